The summed E-state index contributed by atoms with van der Waals surface area (Å²) in [5.74, 6) is -0.871. The zero-order chi connectivity index (χ0) is 12.7. The molecule has 17 heavy (non-hydrogen) atoms. The second-order valence-corrected chi connectivity index (χ2v) is 3.31. The average molecular weight is 236 g/mol. The number of halogens is 1. The fourth-order valence-electron chi connectivity index (χ4n) is 1.27. The maximum atomic E-state index is 13.0. The van der Waals surface area contributed by atoms with Gasteiger partial charge in [-0.05, 0) is 24.6 Å². The Balaban J connectivity index is 2.65. The molecule has 0 aliphatic heterocycles. The van der Waals surface area contributed by atoms with Crippen LogP contribution in [-0.2, 0) is 9.53 Å². The van der Waals surface area contributed by atoms with E-state index >= 15 is 0 Å². The minimum Gasteiger partial charge on any atom is -0.466 e. The van der Waals surface area contributed by atoms with E-state index in [-0.39, 0.29) is 18.0 Å². The third kappa shape index (κ3) is 4.18. The average Bonchev–Trinajstić information content (AvgIpc) is 2.31. The van der Waals surface area contributed by atoms with Crippen molar-refractivity contribution in [2.45, 2.75) is 13.3 Å². The van der Waals surface area contributed by atoms with Crippen LogP contribution in [0.25, 0.3) is 6.08 Å². The molecule has 0 unspecified atom stereocenters. The molecule has 1 aromatic rings. The van der Waals surface area contributed by atoms with Gasteiger partial charge in [-0.2, -0.15) is 0 Å². The van der Waals surface area contributed by atoms with Crippen molar-refractivity contribution in [3.05, 3.63) is 41.2 Å². The summed E-state index contributed by atoms with van der Waals surface area (Å²) in [5, 5.41) is 0. The minimum atomic E-state index is -0.553. The topological polar surface area (TPSA) is 43.4 Å². The number of hydrogen-bond acceptors (Lipinski definition) is 3. The highest BCUT2D eigenvalue weighted by atomic mass is 19.1. The first-order chi connectivity index (χ1) is 8.17. The maximum absolute atomic E-state index is 13.0. The van der Waals surface area contributed by atoms with Crippen LogP contribution in [0.15, 0.2) is 24.3 Å². The number of aldehydes is 1. The van der Waals surface area contributed by atoms with Crippen LogP contribution in [0.2, 0.25) is 0 Å². The second-order valence-electron chi connectivity index (χ2n) is 3.31. The van der Waals surface area contributed by atoms with Gasteiger partial charge in [-0.1, -0.05) is 18.2 Å². The zero-order valence-corrected chi connectivity index (χ0v) is 9.48. The van der Waals surface area contributed by atoms with Gasteiger partial charge < -0.3 is 4.74 Å². The van der Waals surface area contributed by atoms with Gasteiger partial charge in [0, 0.05) is 0 Å². The van der Waals surface area contributed by atoms with Gasteiger partial charge >= 0.3 is 5.97 Å². The molecule has 0 atom stereocenters. The Hall–Kier alpha value is -1.97. The van der Waals surface area contributed by atoms with E-state index in [9.17, 15) is 14.0 Å². The predicted molar refractivity (Wildman–Crippen MR) is 62.1 cm³/mol. The summed E-state index contributed by atoms with van der Waals surface area (Å²) >= 11 is 0. The van der Waals surface area contributed by atoms with Gasteiger partial charge in [0.05, 0.1) is 18.6 Å². The van der Waals surface area contributed by atoms with Crippen molar-refractivity contribution in [3.8, 4) is 0 Å². The van der Waals surface area contributed by atoms with E-state index < -0.39 is 5.82 Å². The highest BCUT2D eigenvalue weighted by molar-refractivity contribution is 5.77. The zero-order valence-electron chi connectivity index (χ0n) is 9.48. The lowest BCUT2D eigenvalue weighted by Gasteiger charge is -1.98. The molecule has 1 aromatic carbocycles. The molecule has 0 saturated carbocycles. The van der Waals surface area contributed by atoms with Crippen LogP contribution in [0.5, 0.6) is 0 Å². The Morgan fingerprint density at radius 1 is 1.47 bits per heavy atom. The van der Waals surface area contributed by atoms with Crippen molar-refractivity contribution in [3.63, 3.8) is 0 Å². The van der Waals surface area contributed by atoms with Crippen molar-refractivity contribution in [2.24, 2.45) is 0 Å². The number of rotatable bonds is 5. The van der Waals surface area contributed by atoms with E-state index in [0.29, 0.717) is 18.5 Å². The molecule has 3 nitrogen and oxygen atoms in total. The van der Waals surface area contributed by atoms with Crippen molar-refractivity contribution < 1.29 is 18.7 Å². The Morgan fingerprint density at radius 2 is 2.24 bits per heavy atom. The minimum absolute atomic E-state index is 0.00304. The van der Waals surface area contributed by atoms with Crippen LogP contribution in [0.4, 0.5) is 4.39 Å². The van der Waals surface area contributed by atoms with Gasteiger partial charge in [0.15, 0.2) is 6.29 Å². The van der Waals surface area contributed by atoms with Gasteiger partial charge in [-0.15, -0.1) is 0 Å². The van der Waals surface area contributed by atoms with Crippen LogP contribution in [0.3, 0.4) is 0 Å². The fourth-order valence-corrected chi connectivity index (χ4v) is 1.27. The lowest BCUT2D eigenvalue weighted by molar-refractivity contribution is -0.142. The third-order valence-corrected chi connectivity index (χ3v) is 2.05. The standard InChI is InChI=1S/C13H13FO3/c1-2-17-13(16)5-3-4-10-6-7-12(14)11(8-10)9-15/h3-4,6-9H,2,5H2,1H3. The number of benzene rings is 1. The van der Waals surface area contributed by atoms with Crippen LogP contribution >= 0.6 is 0 Å². The maximum Gasteiger partial charge on any atom is 0.309 e. The highest BCUT2D eigenvalue weighted by Gasteiger charge is 2.01. The molecular weight excluding hydrogens is 223 g/mol. The fraction of sp³-hybridized carbons (Fsp3) is 0.231. The molecule has 4 heteroatoms. The van der Waals surface area contributed by atoms with Gasteiger partial charge in [-0.25, -0.2) is 4.39 Å². The van der Waals surface area contributed by atoms with Gasteiger partial charge in [0.1, 0.15) is 5.82 Å². The Labute approximate surface area is 98.9 Å². The smallest absolute Gasteiger partial charge is 0.309 e. The summed E-state index contributed by atoms with van der Waals surface area (Å²) in [5.41, 5.74) is 0.668. The van der Waals surface area contributed by atoms with E-state index in [1.54, 1.807) is 19.1 Å². The first-order valence-electron chi connectivity index (χ1n) is 5.24. The molecule has 0 fully saturated rings. The first-order valence-corrected chi connectivity index (χ1v) is 5.24. The molecule has 0 spiro atoms. The number of hydrogen-bond donors (Lipinski definition) is 0. The van der Waals surface area contributed by atoms with Crippen molar-refractivity contribution >= 4 is 18.3 Å². The third-order valence-electron chi connectivity index (χ3n) is 2.05. The molecule has 90 valence electrons. The lowest BCUT2D eigenvalue weighted by atomic mass is 10.1. The molecule has 0 amide bonds. The van der Waals surface area contributed by atoms with Crippen LogP contribution in [0.1, 0.15) is 29.3 Å². The van der Waals surface area contributed by atoms with Gasteiger partial charge in [-0.3, -0.25) is 9.59 Å². The number of carbonyl (C=O) groups is 2. The largest absolute Gasteiger partial charge is 0.466 e. The van der Waals surface area contributed by atoms with Crippen molar-refractivity contribution in [1.29, 1.82) is 0 Å². The molecule has 0 heterocycles. The van der Waals surface area contributed by atoms with E-state index in [2.05, 4.69) is 0 Å². The van der Waals surface area contributed by atoms with Crippen molar-refractivity contribution in [2.75, 3.05) is 6.61 Å². The van der Waals surface area contributed by atoms with E-state index in [1.807, 2.05) is 0 Å². The molecule has 0 saturated heterocycles. The summed E-state index contributed by atoms with van der Waals surface area (Å²) < 4.78 is 17.7. The monoisotopic (exact) mass is 236 g/mol. The molecule has 0 N–H and O–H groups in total. The summed E-state index contributed by atoms with van der Waals surface area (Å²) in [4.78, 5) is 21.5. The van der Waals surface area contributed by atoms with Crippen LogP contribution < -0.4 is 0 Å². The quantitative estimate of drug-likeness (QED) is 0.583. The van der Waals surface area contributed by atoms with E-state index in [1.165, 1.54) is 18.2 Å². The molecule has 0 aliphatic rings. The first kappa shape index (κ1) is 13.1. The second kappa shape index (κ2) is 6.58. The Kier molecular flexibility index (Phi) is 5.07. The highest BCUT2D eigenvalue weighted by Crippen LogP contribution is 2.10. The summed E-state index contributed by atoms with van der Waals surface area (Å²) in [6.45, 7) is 2.08. The van der Waals surface area contributed by atoms with E-state index in [4.69, 9.17) is 4.74 Å². The molecule has 0 aromatic heterocycles. The van der Waals surface area contributed by atoms with Gasteiger partial charge in [0.25, 0.3) is 0 Å². The van der Waals surface area contributed by atoms with Crippen LogP contribution in [-0.4, -0.2) is 18.9 Å². The predicted octanol–water partition coefficient (Wildman–Crippen LogP) is 2.60. The summed E-state index contributed by atoms with van der Waals surface area (Å²) in [6.07, 6.45) is 3.86. The molecule has 0 radical (unpaired) electrons. The number of carbonyl (C=O) groups excluding carboxylic acids is 2. The Bertz CT molecular complexity index is 438. The normalized spacial score (nSPS) is 10.5. The Morgan fingerprint density at radius 3 is 2.88 bits per heavy atom. The molecule has 1 rings (SSSR count). The SMILES string of the molecule is CCOC(=O)CC=Cc1ccc(F)c(C=O)c1. The molecule has 0 bridgehead atoms. The number of ether oxygens (including phenoxy) is 1. The van der Waals surface area contributed by atoms with Gasteiger partial charge in [0.2, 0.25) is 0 Å². The number of esters is 1. The lowest BCUT2D eigenvalue weighted by Crippen LogP contribution is -2.01. The van der Waals surface area contributed by atoms with E-state index in [0.717, 1.165) is 0 Å². The molecular formula is C13H13FO3. The molecule has 0 aliphatic carbocycles. The van der Waals surface area contributed by atoms with Crippen molar-refractivity contribution in [1.82, 2.24) is 0 Å². The summed E-state index contributed by atoms with van der Waals surface area (Å²) in [6, 6.07) is 4.17. The van der Waals surface area contributed by atoms with Crippen LogP contribution in [0, 0.1) is 5.82 Å². The summed E-state index contributed by atoms with van der Waals surface area (Å²) in [7, 11) is 0.